The van der Waals surface area contributed by atoms with Gasteiger partial charge < -0.3 is 10.6 Å². The molecule has 21 heavy (non-hydrogen) atoms. The lowest BCUT2D eigenvalue weighted by atomic mass is 10.1. The summed E-state index contributed by atoms with van der Waals surface area (Å²) in [6.45, 7) is 6.28. The van der Waals surface area contributed by atoms with Crippen molar-refractivity contribution in [1.29, 1.82) is 0 Å². The van der Waals surface area contributed by atoms with Gasteiger partial charge in [-0.25, -0.2) is 4.39 Å². The average Bonchev–Trinajstić information content (AvgIpc) is 2.76. The van der Waals surface area contributed by atoms with E-state index in [0.29, 0.717) is 11.4 Å². The number of hydrogen-bond acceptors (Lipinski definition) is 3. The first-order chi connectivity index (χ1) is 9.63. The van der Waals surface area contributed by atoms with Crippen molar-refractivity contribution in [3.63, 3.8) is 0 Å². The molecule has 2 N–H and O–H groups in total. The highest BCUT2D eigenvalue weighted by atomic mass is 35.5. The summed E-state index contributed by atoms with van der Waals surface area (Å²) in [6, 6.07) is 4.64. The van der Waals surface area contributed by atoms with Crippen LogP contribution in [0.1, 0.15) is 28.6 Å². The number of carbonyl (C=O) groups is 1. The second-order valence-electron chi connectivity index (χ2n) is 4.70. The van der Waals surface area contributed by atoms with Crippen molar-refractivity contribution in [3.8, 4) is 0 Å². The molecule has 6 heteroatoms. The fourth-order valence-corrected chi connectivity index (χ4v) is 3.16. The molecule has 3 nitrogen and oxygen atoms in total. The minimum Gasteiger partial charge on any atom is -0.350 e. The van der Waals surface area contributed by atoms with E-state index in [-0.39, 0.29) is 24.1 Å². The maximum absolute atomic E-state index is 13.2. The van der Waals surface area contributed by atoms with E-state index < -0.39 is 0 Å². The van der Waals surface area contributed by atoms with Crippen molar-refractivity contribution in [2.24, 2.45) is 0 Å². The fourth-order valence-electron chi connectivity index (χ4n) is 2.06. The lowest BCUT2D eigenvalue weighted by Crippen LogP contribution is -2.31. The monoisotopic (exact) mass is 330 g/mol. The summed E-state index contributed by atoms with van der Waals surface area (Å²) >= 11 is 1.41. The zero-order chi connectivity index (χ0) is 14.5. The van der Waals surface area contributed by atoms with Gasteiger partial charge in [0.15, 0.2) is 0 Å². The molecule has 0 atom stereocenters. The second-order valence-corrected chi connectivity index (χ2v) is 5.75. The van der Waals surface area contributed by atoms with Crippen LogP contribution in [-0.4, -0.2) is 25.5 Å². The summed E-state index contributed by atoms with van der Waals surface area (Å²) in [5.41, 5.74) is 0.850. The molecule has 0 aliphatic heterocycles. The van der Waals surface area contributed by atoms with Gasteiger partial charge in [-0.15, -0.1) is 23.7 Å². The Morgan fingerprint density at radius 3 is 2.76 bits per heavy atom. The van der Waals surface area contributed by atoms with Crippen LogP contribution in [0, 0.1) is 12.7 Å². The molecular weight excluding hydrogens is 311 g/mol. The minimum atomic E-state index is -0.269. The first-order valence-corrected chi connectivity index (χ1v) is 7.62. The van der Waals surface area contributed by atoms with Crippen LogP contribution in [0.25, 0.3) is 10.1 Å². The molecule has 2 rings (SSSR count). The van der Waals surface area contributed by atoms with Crippen molar-refractivity contribution in [3.05, 3.63) is 34.5 Å². The fraction of sp³-hybridized carbons (Fsp3) is 0.400. The van der Waals surface area contributed by atoms with Gasteiger partial charge in [0.1, 0.15) is 5.82 Å². The Morgan fingerprint density at radius 2 is 2.05 bits per heavy atom. The molecule has 116 valence electrons. The number of fused-ring (bicyclic) bond motifs is 1. The molecule has 0 bridgehead atoms. The SMILES string of the molecule is CCCNCCNC(=O)c1sc2ccc(F)cc2c1C.Cl. The normalized spacial score (nSPS) is 10.4. The van der Waals surface area contributed by atoms with Crippen molar-refractivity contribution >= 4 is 39.7 Å². The van der Waals surface area contributed by atoms with Crippen LogP contribution in [0.2, 0.25) is 0 Å². The molecule has 1 amide bonds. The minimum absolute atomic E-state index is 0. The van der Waals surface area contributed by atoms with E-state index in [9.17, 15) is 9.18 Å². The van der Waals surface area contributed by atoms with Crippen molar-refractivity contribution < 1.29 is 9.18 Å². The molecule has 1 heterocycles. The molecule has 0 fully saturated rings. The van der Waals surface area contributed by atoms with Crippen LogP contribution in [0.15, 0.2) is 18.2 Å². The first-order valence-electron chi connectivity index (χ1n) is 6.81. The van der Waals surface area contributed by atoms with Gasteiger partial charge in [0.2, 0.25) is 0 Å². The van der Waals surface area contributed by atoms with Gasteiger partial charge in [-0.3, -0.25) is 4.79 Å². The Hall–Kier alpha value is -1.17. The molecule has 0 aliphatic rings. The van der Waals surface area contributed by atoms with E-state index in [2.05, 4.69) is 17.6 Å². The molecule has 0 radical (unpaired) electrons. The van der Waals surface area contributed by atoms with Crippen LogP contribution in [0.4, 0.5) is 4.39 Å². The lowest BCUT2D eigenvalue weighted by Gasteiger charge is -2.05. The van der Waals surface area contributed by atoms with Crippen molar-refractivity contribution in [1.82, 2.24) is 10.6 Å². The number of benzene rings is 1. The number of amides is 1. The standard InChI is InChI=1S/C15H19FN2OS.ClH/c1-3-6-17-7-8-18-15(19)14-10(2)12-9-11(16)4-5-13(12)20-14;/h4-5,9,17H,3,6-8H2,1-2H3,(H,18,19);1H. The molecule has 0 saturated carbocycles. The number of nitrogens with one attached hydrogen (secondary N) is 2. The molecule has 2 aromatic rings. The van der Waals surface area contributed by atoms with Gasteiger partial charge in [-0.2, -0.15) is 0 Å². The first kappa shape index (κ1) is 17.9. The molecular formula is C15H20ClFN2OS. The Labute approximate surface area is 134 Å². The van der Waals surface area contributed by atoms with E-state index in [1.807, 2.05) is 6.92 Å². The summed E-state index contributed by atoms with van der Waals surface area (Å²) < 4.78 is 14.2. The largest absolute Gasteiger partial charge is 0.350 e. The van der Waals surface area contributed by atoms with Crippen molar-refractivity contribution in [2.75, 3.05) is 19.6 Å². The van der Waals surface area contributed by atoms with E-state index >= 15 is 0 Å². The van der Waals surface area contributed by atoms with E-state index in [4.69, 9.17) is 0 Å². The number of halogens is 2. The third kappa shape index (κ3) is 4.40. The summed E-state index contributed by atoms with van der Waals surface area (Å²) in [5.74, 6) is -0.350. The van der Waals surface area contributed by atoms with Gasteiger partial charge in [0, 0.05) is 17.8 Å². The van der Waals surface area contributed by atoms with Crippen LogP contribution < -0.4 is 10.6 Å². The highest BCUT2D eigenvalue weighted by Crippen LogP contribution is 2.31. The van der Waals surface area contributed by atoms with Gasteiger partial charge in [-0.05, 0) is 49.0 Å². The molecule has 1 aromatic carbocycles. The number of carbonyl (C=O) groups excluding carboxylic acids is 1. The summed E-state index contributed by atoms with van der Waals surface area (Å²) in [6.07, 6.45) is 1.08. The molecule has 0 unspecified atom stereocenters. The topological polar surface area (TPSA) is 41.1 Å². The van der Waals surface area contributed by atoms with Crippen LogP contribution >= 0.6 is 23.7 Å². The second kappa shape index (κ2) is 8.32. The number of hydrogen-bond donors (Lipinski definition) is 2. The molecule has 1 aromatic heterocycles. The Bertz CT molecular complexity index is 615. The van der Waals surface area contributed by atoms with E-state index in [1.54, 1.807) is 6.07 Å². The predicted octanol–water partition coefficient (Wildman–Crippen LogP) is 3.50. The summed E-state index contributed by atoms with van der Waals surface area (Å²) in [7, 11) is 0. The van der Waals surface area contributed by atoms with Crippen molar-refractivity contribution in [2.45, 2.75) is 20.3 Å². The molecule has 0 spiro atoms. The molecule has 0 aliphatic carbocycles. The maximum Gasteiger partial charge on any atom is 0.261 e. The number of aryl methyl sites for hydroxylation is 1. The quantitative estimate of drug-likeness (QED) is 0.796. The third-order valence-corrected chi connectivity index (χ3v) is 4.39. The predicted molar refractivity (Wildman–Crippen MR) is 89.3 cm³/mol. The van der Waals surface area contributed by atoms with Gasteiger partial charge >= 0.3 is 0 Å². The maximum atomic E-state index is 13.2. The zero-order valence-electron chi connectivity index (χ0n) is 12.2. The zero-order valence-corrected chi connectivity index (χ0v) is 13.8. The Kier molecular flexibility index (Phi) is 7.08. The smallest absolute Gasteiger partial charge is 0.261 e. The van der Waals surface area contributed by atoms with E-state index in [1.165, 1.54) is 23.5 Å². The van der Waals surface area contributed by atoms with Gasteiger partial charge in [-0.1, -0.05) is 6.92 Å². The molecule has 0 saturated heterocycles. The summed E-state index contributed by atoms with van der Waals surface area (Å²) in [4.78, 5) is 12.8. The lowest BCUT2D eigenvalue weighted by molar-refractivity contribution is 0.0957. The highest BCUT2D eigenvalue weighted by molar-refractivity contribution is 7.21. The Balaban J connectivity index is 0.00000220. The highest BCUT2D eigenvalue weighted by Gasteiger charge is 2.15. The number of thiophene rings is 1. The van der Waals surface area contributed by atoms with Crippen LogP contribution in [0.3, 0.4) is 0 Å². The number of rotatable bonds is 6. The summed E-state index contributed by atoms with van der Waals surface area (Å²) in [5, 5.41) is 6.94. The van der Waals surface area contributed by atoms with Crippen LogP contribution in [0.5, 0.6) is 0 Å². The van der Waals surface area contributed by atoms with Gasteiger partial charge in [0.25, 0.3) is 5.91 Å². The average molecular weight is 331 g/mol. The van der Waals surface area contributed by atoms with E-state index in [0.717, 1.165) is 35.2 Å². The third-order valence-electron chi connectivity index (χ3n) is 3.12. The van der Waals surface area contributed by atoms with Gasteiger partial charge in [0.05, 0.1) is 4.88 Å². The van der Waals surface area contributed by atoms with Crippen LogP contribution in [-0.2, 0) is 0 Å². The Morgan fingerprint density at radius 1 is 1.29 bits per heavy atom.